The number of hydrogen-bond donors (Lipinski definition) is 1. The zero-order valence-electron chi connectivity index (χ0n) is 11.9. The van der Waals surface area contributed by atoms with Crippen LogP contribution >= 0.6 is 11.6 Å². The van der Waals surface area contributed by atoms with Crippen molar-refractivity contribution in [3.05, 3.63) is 46.2 Å². The van der Waals surface area contributed by atoms with E-state index in [1.54, 1.807) is 10.7 Å². The molecule has 6 heteroatoms. The minimum atomic E-state index is -1.06. The number of aromatic carboxylic acids is 1. The molecule has 21 heavy (non-hydrogen) atoms. The summed E-state index contributed by atoms with van der Waals surface area (Å²) in [6, 6.07) is 7.41. The standard InChI is InChI=1S/C15H18ClN3O2/c1-2-3-6-9-19-13(14(15(20)21)17-18-19)10-11-7-4-5-8-12(11)16/h4-5,7-8H,2-3,6,9-10H2,1H3,(H,20,21). The predicted molar refractivity (Wildman–Crippen MR) is 80.8 cm³/mol. The van der Waals surface area contributed by atoms with Crippen molar-refractivity contribution in [2.45, 2.75) is 39.2 Å². The van der Waals surface area contributed by atoms with Gasteiger partial charge in [0.25, 0.3) is 0 Å². The van der Waals surface area contributed by atoms with E-state index < -0.39 is 5.97 Å². The second-order valence-corrected chi connectivity index (χ2v) is 5.30. The highest BCUT2D eigenvalue weighted by Gasteiger charge is 2.19. The highest BCUT2D eigenvalue weighted by atomic mass is 35.5. The monoisotopic (exact) mass is 307 g/mol. The fourth-order valence-corrected chi connectivity index (χ4v) is 2.39. The Morgan fingerprint density at radius 3 is 2.76 bits per heavy atom. The Balaban J connectivity index is 2.28. The smallest absolute Gasteiger partial charge is 0.358 e. The average Bonchev–Trinajstić information content (AvgIpc) is 2.85. The molecule has 0 fully saturated rings. The summed E-state index contributed by atoms with van der Waals surface area (Å²) in [5, 5.41) is 17.6. The van der Waals surface area contributed by atoms with Gasteiger partial charge in [-0.25, -0.2) is 9.48 Å². The summed E-state index contributed by atoms with van der Waals surface area (Å²) < 4.78 is 1.68. The molecule has 1 aromatic carbocycles. The summed E-state index contributed by atoms with van der Waals surface area (Å²) in [4.78, 5) is 11.3. The molecule has 0 amide bonds. The maximum atomic E-state index is 11.3. The Morgan fingerprint density at radius 1 is 1.33 bits per heavy atom. The SMILES string of the molecule is CCCCCn1nnc(C(=O)O)c1Cc1ccccc1Cl. The van der Waals surface area contributed by atoms with Crippen molar-refractivity contribution in [1.29, 1.82) is 0 Å². The number of aromatic nitrogens is 3. The Hall–Kier alpha value is -1.88. The lowest BCUT2D eigenvalue weighted by Gasteiger charge is -2.08. The van der Waals surface area contributed by atoms with Crippen LogP contribution in [-0.4, -0.2) is 26.1 Å². The zero-order valence-corrected chi connectivity index (χ0v) is 12.7. The summed E-state index contributed by atoms with van der Waals surface area (Å²) in [5.74, 6) is -1.06. The molecule has 1 aromatic heterocycles. The van der Waals surface area contributed by atoms with E-state index in [1.807, 2.05) is 18.2 Å². The van der Waals surface area contributed by atoms with Crippen LogP contribution in [0, 0.1) is 0 Å². The Morgan fingerprint density at radius 2 is 2.10 bits per heavy atom. The van der Waals surface area contributed by atoms with Gasteiger partial charge in [0.2, 0.25) is 0 Å². The number of carbonyl (C=O) groups is 1. The topological polar surface area (TPSA) is 68.0 Å². The van der Waals surface area contributed by atoms with Crippen molar-refractivity contribution in [2.24, 2.45) is 0 Å². The molecule has 0 saturated heterocycles. The lowest BCUT2D eigenvalue weighted by atomic mass is 10.1. The summed E-state index contributed by atoms with van der Waals surface area (Å²) in [6.07, 6.45) is 3.54. The van der Waals surface area contributed by atoms with Crippen molar-refractivity contribution in [1.82, 2.24) is 15.0 Å². The number of rotatable bonds is 7. The second-order valence-electron chi connectivity index (χ2n) is 4.89. The van der Waals surface area contributed by atoms with Gasteiger partial charge in [0, 0.05) is 18.0 Å². The maximum Gasteiger partial charge on any atom is 0.358 e. The van der Waals surface area contributed by atoms with Gasteiger partial charge in [0.05, 0.1) is 5.69 Å². The van der Waals surface area contributed by atoms with Gasteiger partial charge in [-0.1, -0.05) is 54.8 Å². The molecule has 112 valence electrons. The van der Waals surface area contributed by atoms with Gasteiger partial charge in [-0.05, 0) is 18.1 Å². The molecular weight excluding hydrogens is 290 g/mol. The van der Waals surface area contributed by atoms with Gasteiger partial charge in [0.1, 0.15) is 0 Å². The molecule has 0 atom stereocenters. The molecule has 0 saturated carbocycles. The van der Waals surface area contributed by atoms with Crippen molar-refractivity contribution >= 4 is 17.6 Å². The van der Waals surface area contributed by atoms with E-state index in [9.17, 15) is 9.90 Å². The van der Waals surface area contributed by atoms with E-state index in [0.29, 0.717) is 23.7 Å². The van der Waals surface area contributed by atoms with Crippen LogP contribution in [0.5, 0.6) is 0 Å². The first-order valence-corrected chi connectivity index (χ1v) is 7.40. The Bertz CT molecular complexity index is 625. The third kappa shape index (κ3) is 3.82. The van der Waals surface area contributed by atoms with Crippen LogP contribution in [0.15, 0.2) is 24.3 Å². The van der Waals surface area contributed by atoms with Gasteiger partial charge in [-0.3, -0.25) is 0 Å². The molecule has 0 bridgehead atoms. The van der Waals surface area contributed by atoms with Crippen LogP contribution in [0.1, 0.15) is 47.9 Å². The molecule has 0 aliphatic heterocycles. The van der Waals surface area contributed by atoms with Crippen molar-refractivity contribution in [3.63, 3.8) is 0 Å². The van der Waals surface area contributed by atoms with Gasteiger partial charge < -0.3 is 5.11 Å². The maximum absolute atomic E-state index is 11.3. The Kier molecular flexibility index (Phi) is 5.33. The van der Waals surface area contributed by atoms with E-state index in [4.69, 9.17) is 11.6 Å². The minimum absolute atomic E-state index is 0.00594. The van der Waals surface area contributed by atoms with Crippen LogP contribution in [0.25, 0.3) is 0 Å². The number of unbranched alkanes of at least 4 members (excludes halogenated alkanes) is 2. The molecule has 5 nitrogen and oxygen atoms in total. The van der Waals surface area contributed by atoms with E-state index in [0.717, 1.165) is 24.8 Å². The van der Waals surface area contributed by atoms with Crippen LogP contribution in [0.3, 0.4) is 0 Å². The largest absolute Gasteiger partial charge is 0.476 e. The molecule has 1 N–H and O–H groups in total. The Labute approximate surface area is 128 Å². The third-order valence-corrected chi connectivity index (χ3v) is 3.70. The quantitative estimate of drug-likeness (QED) is 0.796. The lowest BCUT2D eigenvalue weighted by Crippen LogP contribution is -2.09. The van der Waals surface area contributed by atoms with Gasteiger partial charge >= 0.3 is 5.97 Å². The third-order valence-electron chi connectivity index (χ3n) is 3.33. The normalized spacial score (nSPS) is 10.8. The number of aryl methyl sites for hydroxylation is 1. The summed E-state index contributed by atoms with van der Waals surface area (Å²) in [5.41, 5.74) is 1.49. The molecular formula is C15H18ClN3O2. The van der Waals surface area contributed by atoms with E-state index in [2.05, 4.69) is 17.2 Å². The van der Waals surface area contributed by atoms with Crippen molar-refractivity contribution in [2.75, 3.05) is 0 Å². The molecule has 0 aliphatic rings. The van der Waals surface area contributed by atoms with Crippen LogP contribution in [0.4, 0.5) is 0 Å². The number of benzene rings is 1. The van der Waals surface area contributed by atoms with Crippen LogP contribution in [0.2, 0.25) is 5.02 Å². The summed E-state index contributed by atoms with van der Waals surface area (Å²) in [7, 11) is 0. The first-order valence-electron chi connectivity index (χ1n) is 7.02. The van der Waals surface area contributed by atoms with Crippen LogP contribution < -0.4 is 0 Å². The lowest BCUT2D eigenvalue weighted by molar-refractivity contribution is 0.0689. The number of carboxylic acids is 1. The highest BCUT2D eigenvalue weighted by molar-refractivity contribution is 6.31. The number of hydrogen-bond acceptors (Lipinski definition) is 3. The minimum Gasteiger partial charge on any atom is -0.476 e. The fraction of sp³-hybridized carbons (Fsp3) is 0.400. The second kappa shape index (κ2) is 7.22. The van der Waals surface area contributed by atoms with E-state index in [1.165, 1.54) is 0 Å². The van der Waals surface area contributed by atoms with E-state index >= 15 is 0 Å². The van der Waals surface area contributed by atoms with Gasteiger partial charge in [-0.15, -0.1) is 5.10 Å². The van der Waals surface area contributed by atoms with Gasteiger partial charge in [-0.2, -0.15) is 0 Å². The first kappa shape index (κ1) is 15.5. The van der Waals surface area contributed by atoms with Gasteiger partial charge in [0.15, 0.2) is 5.69 Å². The number of halogens is 1. The van der Waals surface area contributed by atoms with Crippen molar-refractivity contribution < 1.29 is 9.90 Å². The molecule has 0 spiro atoms. The predicted octanol–water partition coefficient (Wildman–Crippen LogP) is 3.41. The first-order chi connectivity index (χ1) is 10.1. The molecule has 0 radical (unpaired) electrons. The zero-order chi connectivity index (χ0) is 15.2. The molecule has 2 rings (SSSR count). The average molecular weight is 308 g/mol. The number of carboxylic acid groups (broad SMARTS) is 1. The molecule has 1 heterocycles. The fourth-order valence-electron chi connectivity index (χ4n) is 2.19. The highest BCUT2D eigenvalue weighted by Crippen LogP contribution is 2.20. The molecule has 0 aliphatic carbocycles. The van der Waals surface area contributed by atoms with E-state index in [-0.39, 0.29) is 5.69 Å². The summed E-state index contributed by atoms with van der Waals surface area (Å²) >= 11 is 6.15. The molecule has 0 unspecified atom stereocenters. The number of nitrogens with zero attached hydrogens (tertiary/aromatic N) is 3. The molecule has 2 aromatic rings. The van der Waals surface area contributed by atoms with Crippen molar-refractivity contribution in [3.8, 4) is 0 Å². The van der Waals surface area contributed by atoms with Crippen LogP contribution in [-0.2, 0) is 13.0 Å². The summed E-state index contributed by atoms with van der Waals surface area (Å²) in [6.45, 7) is 2.79.